The summed E-state index contributed by atoms with van der Waals surface area (Å²) in [6, 6.07) is -1.52. The van der Waals surface area contributed by atoms with Crippen LogP contribution >= 0.6 is 7.82 Å². The number of carbonyl (C=O) groups excluding carboxylic acids is 2. The Hall–Kier alpha value is -2.30. The summed E-state index contributed by atoms with van der Waals surface area (Å²) in [6.07, 6.45) is 31.2. The Morgan fingerprint density at radius 2 is 1.10 bits per heavy atom. The Balaban J connectivity index is 4.33. The topological polar surface area (TPSA) is 172 Å². The summed E-state index contributed by atoms with van der Waals surface area (Å²) in [5.41, 5.74) is 5.29. The molecule has 0 aliphatic carbocycles. The van der Waals surface area contributed by atoms with E-state index in [1.807, 2.05) is 0 Å². The van der Waals surface area contributed by atoms with Gasteiger partial charge in [0.25, 0.3) is 0 Å². The van der Waals surface area contributed by atoms with E-state index < -0.39 is 51.1 Å². The second-order valence-electron chi connectivity index (χ2n) is 12.0. The fourth-order valence-electron chi connectivity index (χ4n) is 4.48. The number of esters is 2. The zero-order valence-electron chi connectivity index (χ0n) is 29.6. The summed E-state index contributed by atoms with van der Waals surface area (Å²) in [4.78, 5) is 45.3. The Labute approximate surface area is 289 Å². The van der Waals surface area contributed by atoms with Crippen molar-refractivity contribution in [3.8, 4) is 0 Å². The van der Waals surface area contributed by atoms with E-state index in [1.165, 1.54) is 25.7 Å². The molecule has 0 fully saturated rings. The summed E-state index contributed by atoms with van der Waals surface area (Å²) in [5, 5.41) is 8.82. The number of allylic oxidation sites excluding steroid dienone is 6. The van der Waals surface area contributed by atoms with Gasteiger partial charge in [0.05, 0.1) is 13.2 Å². The van der Waals surface area contributed by atoms with Gasteiger partial charge in [-0.25, -0.2) is 4.57 Å². The largest absolute Gasteiger partial charge is 0.480 e. The van der Waals surface area contributed by atoms with Crippen LogP contribution in [-0.4, -0.2) is 59.9 Å². The first-order valence-electron chi connectivity index (χ1n) is 18.0. The normalized spacial score (nSPS) is 14.4. The van der Waals surface area contributed by atoms with Crippen molar-refractivity contribution in [3.63, 3.8) is 0 Å². The zero-order chi connectivity index (χ0) is 35.7. The maximum absolute atomic E-state index is 12.5. The van der Waals surface area contributed by atoms with Crippen molar-refractivity contribution < 1.29 is 47.5 Å². The lowest BCUT2D eigenvalue weighted by atomic mass is 10.1. The fourth-order valence-corrected chi connectivity index (χ4v) is 5.26. The predicted molar refractivity (Wildman–Crippen MR) is 189 cm³/mol. The molecule has 0 saturated carbocycles. The smallest absolute Gasteiger partial charge is 0.472 e. The number of unbranched alkanes of at least 4 members (excludes halogenated alkanes) is 13. The van der Waals surface area contributed by atoms with E-state index in [-0.39, 0.29) is 19.4 Å². The van der Waals surface area contributed by atoms with Crippen molar-refractivity contribution >= 4 is 25.7 Å². The van der Waals surface area contributed by atoms with Crippen LogP contribution in [0.2, 0.25) is 0 Å². The van der Waals surface area contributed by atoms with E-state index in [0.717, 1.165) is 77.0 Å². The summed E-state index contributed by atoms with van der Waals surface area (Å²) >= 11 is 0. The standard InChI is InChI=1S/C36H64NO10P/c1-3-5-7-9-10-11-12-13-14-15-16-17-18-19-20-21-22-24-26-28-35(39)47-32(29-44-34(38)27-25-23-8-6-4-2)30-45-48(42,43)46-31-33(37)36(40)41/h10-11,13-14,16-17,32-33H,3-9,12,15,18-31,37H2,1-2H3,(H,40,41)(H,42,43)/b11-10-,14-13-,17-16-. The minimum atomic E-state index is -4.70. The number of carboxylic acid groups (broad SMARTS) is 1. The van der Waals surface area contributed by atoms with Gasteiger partial charge in [0.2, 0.25) is 0 Å². The molecule has 0 saturated heterocycles. The molecule has 0 aromatic carbocycles. The van der Waals surface area contributed by atoms with Gasteiger partial charge in [-0.1, -0.05) is 115 Å². The SMILES string of the molecule is CCCCC/C=C\C/C=C\C/C=C\CCCCCCCCC(=O)OC(COC(=O)CCCCCCC)COP(=O)(O)OCC(N)C(=O)O. The molecule has 3 atom stereocenters. The molecule has 0 amide bonds. The average molecular weight is 702 g/mol. The molecule has 0 aromatic heterocycles. The quantitative estimate of drug-likeness (QED) is 0.0259. The molecule has 11 nitrogen and oxygen atoms in total. The second kappa shape index (κ2) is 31.9. The van der Waals surface area contributed by atoms with Gasteiger partial charge in [0.1, 0.15) is 12.6 Å². The van der Waals surface area contributed by atoms with Crippen LogP contribution in [0.25, 0.3) is 0 Å². The molecule has 0 aliphatic heterocycles. The number of phosphoric ester groups is 1. The maximum atomic E-state index is 12.5. The van der Waals surface area contributed by atoms with Gasteiger partial charge in [-0.05, 0) is 51.4 Å². The number of ether oxygens (including phenoxy) is 2. The third-order valence-electron chi connectivity index (χ3n) is 7.39. The Bertz CT molecular complexity index is 968. The molecule has 0 spiro atoms. The highest BCUT2D eigenvalue weighted by Crippen LogP contribution is 2.43. The van der Waals surface area contributed by atoms with E-state index in [1.54, 1.807) is 0 Å². The zero-order valence-corrected chi connectivity index (χ0v) is 30.5. The van der Waals surface area contributed by atoms with Gasteiger partial charge in [-0.2, -0.15) is 0 Å². The number of carboxylic acids is 1. The monoisotopic (exact) mass is 701 g/mol. The van der Waals surface area contributed by atoms with Crippen LogP contribution in [0.15, 0.2) is 36.5 Å². The van der Waals surface area contributed by atoms with Crippen molar-refractivity contribution in [2.24, 2.45) is 5.73 Å². The first kappa shape index (κ1) is 45.7. The number of hydrogen-bond donors (Lipinski definition) is 3. The average Bonchev–Trinajstić information content (AvgIpc) is 3.05. The maximum Gasteiger partial charge on any atom is 0.472 e. The van der Waals surface area contributed by atoms with E-state index in [9.17, 15) is 23.8 Å². The van der Waals surface area contributed by atoms with Crippen LogP contribution in [0.3, 0.4) is 0 Å². The van der Waals surface area contributed by atoms with Crippen LogP contribution in [0.4, 0.5) is 0 Å². The molecule has 48 heavy (non-hydrogen) atoms. The van der Waals surface area contributed by atoms with E-state index in [2.05, 4.69) is 54.8 Å². The van der Waals surface area contributed by atoms with E-state index in [4.69, 9.17) is 24.8 Å². The summed E-state index contributed by atoms with van der Waals surface area (Å²) in [6.45, 7) is 2.62. The lowest BCUT2D eigenvalue weighted by molar-refractivity contribution is -0.161. The Morgan fingerprint density at radius 3 is 1.69 bits per heavy atom. The van der Waals surface area contributed by atoms with Crippen LogP contribution in [0, 0.1) is 0 Å². The molecule has 278 valence electrons. The number of rotatable bonds is 33. The molecular formula is C36H64NO10P. The number of nitrogens with two attached hydrogens (primary N) is 1. The highest BCUT2D eigenvalue weighted by Gasteiger charge is 2.28. The van der Waals surface area contributed by atoms with Crippen molar-refractivity contribution in [2.75, 3.05) is 19.8 Å². The highest BCUT2D eigenvalue weighted by molar-refractivity contribution is 7.47. The predicted octanol–water partition coefficient (Wildman–Crippen LogP) is 8.50. The minimum absolute atomic E-state index is 0.146. The van der Waals surface area contributed by atoms with Crippen LogP contribution in [-0.2, 0) is 37.5 Å². The molecule has 4 N–H and O–H groups in total. The van der Waals surface area contributed by atoms with Crippen molar-refractivity contribution in [1.29, 1.82) is 0 Å². The third-order valence-corrected chi connectivity index (χ3v) is 8.34. The molecule has 0 radical (unpaired) electrons. The van der Waals surface area contributed by atoms with Crippen LogP contribution < -0.4 is 5.73 Å². The van der Waals surface area contributed by atoms with E-state index in [0.29, 0.717) is 12.8 Å². The van der Waals surface area contributed by atoms with E-state index >= 15 is 0 Å². The molecule has 0 heterocycles. The first-order chi connectivity index (χ1) is 23.1. The number of phosphoric acid groups is 1. The number of carbonyl (C=O) groups is 3. The summed E-state index contributed by atoms with van der Waals surface area (Å²) in [5.74, 6) is -2.42. The van der Waals surface area contributed by atoms with Crippen molar-refractivity contribution in [3.05, 3.63) is 36.5 Å². The summed E-state index contributed by atoms with van der Waals surface area (Å²) < 4.78 is 32.3. The molecular weight excluding hydrogens is 637 g/mol. The highest BCUT2D eigenvalue weighted by atomic mass is 31.2. The molecule has 0 aromatic rings. The second-order valence-corrected chi connectivity index (χ2v) is 13.5. The van der Waals surface area contributed by atoms with Crippen LogP contribution in [0.5, 0.6) is 0 Å². The fraction of sp³-hybridized carbons (Fsp3) is 0.750. The van der Waals surface area contributed by atoms with Crippen molar-refractivity contribution in [2.45, 2.75) is 154 Å². The first-order valence-corrected chi connectivity index (χ1v) is 19.5. The van der Waals surface area contributed by atoms with Crippen LogP contribution in [0.1, 0.15) is 142 Å². The summed E-state index contributed by atoms with van der Waals surface area (Å²) in [7, 11) is -4.70. The molecule has 3 unspecified atom stereocenters. The molecule has 0 rings (SSSR count). The van der Waals surface area contributed by atoms with Gasteiger partial charge in [0.15, 0.2) is 6.10 Å². The van der Waals surface area contributed by atoms with Crippen molar-refractivity contribution in [1.82, 2.24) is 0 Å². The van der Waals surface area contributed by atoms with Gasteiger partial charge in [-0.3, -0.25) is 23.4 Å². The van der Waals surface area contributed by atoms with Gasteiger partial charge >= 0.3 is 25.7 Å². The lowest BCUT2D eigenvalue weighted by Crippen LogP contribution is -2.34. The van der Waals surface area contributed by atoms with Gasteiger partial charge in [0, 0.05) is 12.8 Å². The number of hydrogen-bond acceptors (Lipinski definition) is 9. The lowest BCUT2D eigenvalue weighted by Gasteiger charge is -2.20. The molecule has 0 bridgehead atoms. The third kappa shape index (κ3) is 31.0. The minimum Gasteiger partial charge on any atom is -0.480 e. The Morgan fingerprint density at radius 1 is 0.646 bits per heavy atom. The number of aliphatic carboxylic acids is 1. The molecule has 0 aliphatic rings. The molecule has 12 heteroatoms. The van der Waals surface area contributed by atoms with Gasteiger partial charge in [-0.15, -0.1) is 0 Å². The van der Waals surface area contributed by atoms with Gasteiger partial charge < -0.3 is 25.2 Å². The Kier molecular flexibility index (Phi) is 30.4.